The van der Waals surface area contributed by atoms with Gasteiger partial charge in [-0.1, -0.05) is 11.6 Å². The predicted molar refractivity (Wildman–Crippen MR) is 50.3 cm³/mol. The molecule has 1 aromatic heterocycles. The Hall–Kier alpha value is -1.30. The first-order valence-corrected chi connectivity index (χ1v) is 5.61. The van der Waals surface area contributed by atoms with E-state index in [0.717, 1.165) is 0 Å². The smallest absolute Gasteiger partial charge is 0.252 e. The summed E-state index contributed by atoms with van der Waals surface area (Å²) in [6, 6.07) is 1.36. The summed E-state index contributed by atoms with van der Waals surface area (Å²) < 4.78 is 46.7. The average molecular weight is 268 g/mol. The second-order valence-corrected chi connectivity index (χ2v) is 4.56. The summed E-state index contributed by atoms with van der Waals surface area (Å²) in [5, 5.41) is 12.7. The molecule has 1 aromatic rings. The molecule has 0 aliphatic heterocycles. The number of nitriles is 1. The Kier molecular flexibility index (Phi) is 3.42. The van der Waals surface area contributed by atoms with Crippen molar-refractivity contribution in [1.29, 1.82) is 5.26 Å². The van der Waals surface area contributed by atoms with E-state index in [0.29, 0.717) is 6.20 Å². The van der Waals surface area contributed by atoms with Crippen LogP contribution in [0.3, 0.4) is 0 Å². The maximum absolute atomic E-state index is 12.4. The normalized spacial score (nSPS) is 11.5. The summed E-state index contributed by atoms with van der Waals surface area (Å²) in [6.45, 7) is 0. The Morgan fingerprint density at radius 3 is 2.50 bits per heavy atom. The molecule has 1 heterocycles. The van der Waals surface area contributed by atoms with Crippen LogP contribution in [0.4, 0.5) is 8.78 Å². The topological polar surface area (TPSA) is 96.8 Å². The molecule has 0 saturated heterocycles. The highest BCUT2D eigenvalue weighted by Gasteiger charge is 2.24. The van der Waals surface area contributed by atoms with Crippen molar-refractivity contribution in [2.75, 3.05) is 0 Å². The van der Waals surface area contributed by atoms with Gasteiger partial charge in [0.15, 0.2) is 0 Å². The minimum atomic E-state index is -4.20. The maximum Gasteiger partial charge on any atom is 0.281 e. The number of hydrogen-bond donors (Lipinski definition) is 1. The van der Waals surface area contributed by atoms with Crippen LogP contribution >= 0.6 is 11.6 Å². The molecule has 1 rings (SSSR count). The lowest BCUT2D eigenvalue weighted by Gasteiger charge is -2.06. The molecule has 0 aliphatic rings. The van der Waals surface area contributed by atoms with Gasteiger partial charge in [0.1, 0.15) is 16.7 Å². The summed E-state index contributed by atoms with van der Waals surface area (Å²) in [5.41, 5.74) is -1.57. The molecule has 0 amide bonds. The number of sulfonamides is 1. The Morgan fingerprint density at radius 1 is 1.56 bits per heavy atom. The van der Waals surface area contributed by atoms with Crippen LogP contribution in [-0.2, 0) is 10.0 Å². The van der Waals surface area contributed by atoms with Gasteiger partial charge >= 0.3 is 0 Å². The fraction of sp³-hybridized carbons (Fsp3) is 0.143. The minimum absolute atomic E-state index is 0.597. The Bertz CT molecular complexity index is 568. The molecule has 2 N–H and O–H groups in total. The third-order valence-corrected chi connectivity index (χ3v) is 3.07. The summed E-state index contributed by atoms with van der Waals surface area (Å²) in [5.74, 6) is 0. The molecule has 0 aromatic carbocycles. The SMILES string of the molecule is N#Cc1c(C(F)F)ncc(S(N)(=O)=O)c1Cl. The van der Waals surface area contributed by atoms with Crippen LogP contribution < -0.4 is 5.14 Å². The van der Waals surface area contributed by atoms with E-state index in [4.69, 9.17) is 22.0 Å². The molecule has 0 radical (unpaired) electrons. The van der Waals surface area contributed by atoms with E-state index in [1.807, 2.05) is 0 Å². The second-order valence-electron chi connectivity index (χ2n) is 2.65. The van der Waals surface area contributed by atoms with Gasteiger partial charge in [0, 0.05) is 6.20 Å². The highest BCUT2D eigenvalue weighted by Crippen LogP contribution is 2.30. The summed E-state index contributed by atoms with van der Waals surface area (Å²) >= 11 is 5.49. The first kappa shape index (κ1) is 12.8. The molecule has 16 heavy (non-hydrogen) atoms. The number of pyridine rings is 1. The fourth-order valence-corrected chi connectivity index (χ4v) is 2.02. The number of halogens is 3. The lowest BCUT2D eigenvalue weighted by atomic mass is 10.2. The van der Waals surface area contributed by atoms with Crippen molar-refractivity contribution in [1.82, 2.24) is 4.98 Å². The van der Waals surface area contributed by atoms with Crippen molar-refractivity contribution in [3.63, 3.8) is 0 Å². The Balaban J connectivity index is 3.61. The van der Waals surface area contributed by atoms with Gasteiger partial charge in [-0.15, -0.1) is 0 Å². The molecule has 9 heteroatoms. The molecule has 0 saturated carbocycles. The highest BCUT2D eigenvalue weighted by molar-refractivity contribution is 7.89. The fourth-order valence-electron chi connectivity index (χ4n) is 0.955. The zero-order valence-electron chi connectivity index (χ0n) is 7.49. The number of nitrogens with zero attached hydrogens (tertiary/aromatic N) is 2. The van der Waals surface area contributed by atoms with E-state index < -0.39 is 37.6 Å². The number of primary sulfonamides is 1. The monoisotopic (exact) mass is 267 g/mol. The van der Waals surface area contributed by atoms with Crippen LogP contribution in [0.2, 0.25) is 5.02 Å². The Morgan fingerprint density at radius 2 is 2.12 bits per heavy atom. The van der Waals surface area contributed by atoms with Gasteiger partial charge < -0.3 is 0 Å². The number of hydrogen-bond acceptors (Lipinski definition) is 4. The van der Waals surface area contributed by atoms with Crippen LogP contribution in [0.25, 0.3) is 0 Å². The summed E-state index contributed by atoms with van der Waals surface area (Å²) in [6.07, 6.45) is -2.43. The molecule has 86 valence electrons. The van der Waals surface area contributed by atoms with Crippen LogP contribution in [0.5, 0.6) is 0 Å². The first-order chi connectivity index (χ1) is 7.29. The Labute approximate surface area is 94.5 Å². The molecule has 0 atom stereocenters. The molecule has 5 nitrogen and oxygen atoms in total. The molecule has 0 unspecified atom stereocenters. The van der Waals surface area contributed by atoms with Crippen molar-refractivity contribution < 1.29 is 17.2 Å². The van der Waals surface area contributed by atoms with Gasteiger partial charge in [-0.25, -0.2) is 22.3 Å². The third kappa shape index (κ3) is 2.27. The molecule has 0 fully saturated rings. The number of nitrogens with two attached hydrogens (primary N) is 1. The standard InChI is InChI=1S/C7H4ClF2N3O2S/c8-5-3(1-11)6(7(9)10)13-2-4(5)16(12,14)15/h2,7H,(H2,12,14,15). The van der Waals surface area contributed by atoms with Gasteiger partial charge in [-0.05, 0) is 0 Å². The number of aromatic nitrogens is 1. The van der Waals surface area contributed by atoms with E-state index >= 15 is 0 Å². The van der Waals surface area contributed by atoms with Gasteiger partial charge in [0.05, 0.1) is 10.6 Å². The zero-order chi connectivity index (χ0) is 12.5. The van der Waals surface area contributed by atoms with Crippen molar-refractivity contribution in [2.24, 2.45) is 5.14 Å². The van der Waals surface area contributed by atoms with Crippen molar-refractivity contribution in [3.05, 3.63) is 22.5 Å². The van der Waals surface area contributed by atoms with Gasteiger partial charge in [-0.2, -0.15) is 5.26 Å². The van der Waals surface area contributed by atoms with Crippen molar-refractivity contribution >= 4 is 21.6 Å². The van der Waals surface area contributed by atoms with Gasteiger partial charge in [-0.3, -0.25) is 4.98 Å². The molecule has 0 spiro atoms. The van der Waals surface area contributed by atoms with E-state index in [2.05, 4.69) is 4.98 Å². The largest absolute Gasteiger partial charge is 0.281 e. The van der Waals surface area contributed by atoms with Crippen LogP contribution in [-0.4, -0.2) is 13.4 Å². The average Bonchev–Trinajstić information content (AvgIpc) is 2.14. The third-order valence-electron chi connectivity index (χ3n) is 1.64. The highest BCUT2D eigenvalue weighted by atomic mass is 35.5. The lowest BCUT2D eigenvalue weighted by molar-refractivity contribution is 0.145. The van der Waals surface area contributed by atoms with E-state index in [9.17, 15) is 17.2 Å². The van der Waals surface area contributed by atoms with Crippen LogP contribution in [0.15, 0.2) is 11.1 Å². The molecular formula is C7H4ClF2N3O2S. The summed E-state index contributed by atoms with van der Waals surface area (Å²) in [7, 11) is -4.20. The first-order valence-electron chi connectivity index (χ1n) is 3.68. The molecular weight excluding hydrogens is 264 g/mol. The lowest BCUT2D eigenvalue weighted by Crippen LogP contribution is -2.14. The molecule has 0 bridgehead atoms. The maximum atomic E-state index is 12.4. The number of rotatable bonds is 2. The second kappa shape index (κ2) is 4.29. The predicted octanol–water partition coefficient (Wildman–Crippen LogP) is 1.19. The van der Waals surface area contributed by atoms with E-state index in [1.165, 1.54) is 6.07 Å². The van der Waals surface area contributed by atoms with E-state index in [1.54, 1.807) is 0 Å². The zero-order valence-corrected chi connectivity index (χ0v) is 9.06. The van der Waals surface area contributed by atoms with E-state index in [-0.39, 0.29) is 0 Å². The van der Waals surface area contributed by atoms with Crippen molar-refractivity contribution in [2.45, 2.75) is 11.3 Å². The van der Waals surface area contributed by atoms with Gasteiger partial charge in [0.25, 0.3) is 6.43 Å². The number of alkyl halides is 2. The van der Waals surface area contributed by atoms with Gasteiger partial charge in [0.2, 0.25) is 10.0 Å². The minimum Gasteiger partial charge on any atom is -0.252 e. The molecule has 0 aliphatic carbocycles. The quantitative estimate of drug-likeness (QED) is 0.870. The van der Waals surface area contributed by atoms with Crippen LogP contribution in [0.1, 0.15) is 17.7 Å². The van der Waals surface area contributed by atoms with Crippen molar-refractivity contribution in [3.8, 4) is 6.07 Å². The van der Waals surface area contributed by atoms with Crippen LogP contribution in [0, 0.1) is 11.3 Å². The summed E-state index contributed by atoms with van der Waals surface area (Å²) in [4.78, 5) is 2.50.